The van der Waals surface area contributed by atoms with Gasteiger partial charge in [0.2, 0.25) is 5.91 Å². The quantitative estimate of drug-likeness (QED) is 0.814. The van der Waals surface area contributed by atoms with Gasteiger partial charge in [-0.15, -0.1) is 0 Å². The Balaban J connectivity index is 2.01. The number of carbonyl (C=O) groups excluding carboxylic acids is 1. The SMILES string of the molecule is CCOC1CC(N2C(=O)C(C)(CC)NC2CC)C1. The number of hydrogen-bond donors (Lipinski definition) is 1. The molecule has 0 spiro atoms. The van der Waals surface area contributed by atoms with E-state index in [-0.39, 0.29) is 17.6 Å². The summed E-state index contributed by atoms with van der Waals surface area (Å²) in [7, 11) is 0. The van der Waals surface area contributed by atoms with Crippen LogP contribution in [0.1, 0.15) is 53.4 Å². The van der Waals surface area contributed by atoms with Crippen LogP contribution in [0.15, 0.2) is 0 Å². The van der Waals surface area contributed by atoms with Crippen molar-refractivity contribution in [1.29, 1.82) is 0 Å². The highest BCUT2D eigenvalue weighted by Gasteiger charge is 2.51. The molecule has 1 heterocycles. The zero-order chi connectivity index (χ0) is 13.3. The molecule has 0 bridgehead atoms. The van der Waals surface area contributed by atoms with Gasteiger partial charge in [0, 0.05) is 12.6 Å². The lowest BCUT2D eigenvalue weighted by atomic mass is 9.86. The van der Waals surface area contributed by atoms with Crippen LogP contribution in [0.5, 0.6) is 0 Å². The molecule has 104 valence electrons. The van der Waals surface area contributed by atoms with Crippen LogP contribution in [0.25, 0.3) is 0 Å². The monoisotopic (exact) mass is 254 g/mol. The van der Waals surface area contributed by atoms with Crippen molar-refractivity contribution in [2.45, 2.75) is 77.2 Å². The molecule has 1 saturated heterocycles. The number of rotatable bonds is 5. The zero-order valence-corrected chi connectivity index (χ0v) is 12.0. The van der Waals surface area contributed by atoms with Gasteiger partial charge in [-0.2, -0.15) is 0 Å². The fourth-order valence-electron chi connectivity index (χ4n) is 3.03. The van der Waals surface area contributed by atoms with Crippen molar-refractivity contribution in [2.24, 2.45) is 0 Å². The third-order valence-electron chi connectivity index (χ3n) is 4.49. The molecule has 4 nitrogen and oxygen atoms in total. The fraction of sp³-hybridized carbons (Fsp3) is 0.929. The number of ether oxygens (including phenoxy) is 1. The van der Waals surface area contributed by atoms with Gasteiger partial charge in [-0.05, 0) is 39.5 Å². The first-order chi connectivity index (χ1) is 8.55. The van der Waals surface area contributed by atoms with Gasteiger partial charge in [0.1, 0.15) is 0 Å². The molecule has 1 saturated carbocycles. The Bertz CT molecular complexity index is 315. The Morgan fingerprint density at radius 1 is 1.39 bits per heavy atom. The number of nitrogens with one attached hydrogen (secondary N) is 1. The van der Waals surface area contributed by atoms with Crippen LogP contribution >= 0.6 is 0 Å². The average Bonchev–Trinajstić information content (AvgIpc) is 2.57. The van der Waals surface area contributed by atoms with Crippen LogP contribution in [0.3, 0.4) is 0 Å². The zero-order valence-electron chi connectivity index (χ0n) is 12.0. The Labute approximate surface area is 110 Å². The van der Waals surface area contributed by atoms with E-state index >= 15 is 0 Å². The Kier molecular flexibility index (Phi) is 3.97. The molecule has 1 amide bonds. The van der Waals surface area contributed by atoms with Crippen molar-refractivity contribution >= 4 is 5.91 Å². The summed E-state index contributed by atoms with van der Waals surface area (Å²) in [4.78, 5) is 14.6. The summed E-state index contributed by atoms with van der Waals surface area (Å²) in [6.45, 7) is 9.03. The highest BCUT2D eigenvalue weighted by molar-refractivity contribution is 5.88. The Hall–Kier alpha value is -0.610. The van der Waals surface area contributed by atoms with E-state index in [4.69, 9.17) is 4.74 Å². The second-order valence-corrected chi connectivity index (χ2v) is 5.67. The summed E-state index contributed by atoms with van der Waals surface area (Å²) in [6, 6.07) is 0.375. The maximum Gasteiger partial charge on any atom is 0.244 e. The van der Waals surface area contributed by atoms with Crippen LogP contribution in [-0.4, -0.2) is 41.3 Å². The molecule has 0 aromatic rings. The molecule has 1 aliphatic carbocycles. The van der Waals surface area contributed by atoms with Gasteiger partial charge < -0.3 is 9.64 Å². The minimum atomic E-state index is -0.364. The molecule has 0 radical (unpaired) electrons. The molecule has 2 atom stereocenters. The van der Waals surface area contributed by atoms with E-state index in [1.807, 2.05) is 13.8 Å². The summed E-state index contributed by atoms with van der Waals surface area (Å²) < 4.78 is 5.59. The van der Waals surface area contributed by atoms with Gasteiger partial charge >= 0.3 is 0 Å². The molecule has 2 rings (SSSR count). The van der Waals surface area contributed by atoms with E-state index in [0.717, 1.165) is 32.3 Å². The van der Waals surface area contributed by atoms with Gasteiger partial charge in [-0.25, -0.2) is 0 Å². The van der Waals surface area contributed by atoms with Crippen molar-refractivity contribution in [1.82, 2.24) is 10.2 Å². The molecule has 18 heavy (non-hydrogen) atoms. The topological polar surface area (TPSA) is 41.6 Å². The Morgan fingerprint density at radius 3 is 2.56 bits per heavy atom. The molecule has 1 N–H and O–H groups in total. The van der Waals surface area contributed by atoms with Crippen molar-refractivity contribution in [3.05, 3.63) is 0 Å². The van der Waals surface area contributed by atoms with Gasteiger partial charge in [0.25, 0.3) is 0 Å². The summed E-state index contributed by atoms with van der Waals surface area (Å²) in [5, 5.41) is 3.50. The third kappa shape index (κ3) is 2.16. The summed E-state index contributed by atoms with van der Waals surface area (Å²) in [5.74, 6) is 0.275. The molecule has 0 aromatic heterocycles. The summed E-state index contributed by atoms with van der Waals surface area (Å²) >= 11 is 0. The standard InChI is InChI=1S/C14H26N2O2/c1-5-12-15-14(4,6-2)13(17)16(12)10-8-11(9-10)18-7-3/h10-12,15H,5-9H2,1-4H3. The van der Waals surface area contributed by atoms with Gasteiger partial charge in [0.05, 0.1) is 17.8 Å². The second kappa shape index (κ2) is 5.17. The maximum atomic E-state index is 12.5. The van der Waals surface area contributed by atoms with Crippen LogP contribution in [0.4, 0.5) is 0 Å². The molecule has 2 unspecified atom stereocenters. The molecule has 2 aliphatic rings. The van der Waals surface area contributed by atoms with E-state index in [0.29, 0.717) is 12.1 Å². The van der Waals surface area contributed by atoms with Crippen molar-refractivity contribution < 1.29 is 9.53 Å². The lowest BCUT2D eigenvalue weighted by Gasteiger charge is -2.43. The Morgan fingerprint density at radius 2 is 2.06 bits per heavy atom. The number of carbonyl (C=O) groups is 1. The van der Waals surface area contributed by atoms with E-state index in [1.54, 1.807) is 0 Å². The number of nitrogens with zero attached hydrogens (tertiary/aromatic N) is 1. The third-order valence-corrected chi connectivity index (χ3v) is 4.49. The normalized spacial score (nSPS) is 40.1. The fourth-order valence-corrected chi connectivity index (χ4v) is 3.03. The number of amides is 1. The van der Waals surface area contributed by atoms with E-state index in [1.165, 1.54) is 0 Å². The average molecular weight is 254 g/mol. The van der Waals surface area contributed by atoms with Crippen molar-refractivity contribution in [3.8, 4) is 0 Å². The molecule has 4 heteroatoms. The van der Waals surface area contributed by atoms with E-state index in [2.05, 4.69) is 24.1 Å². The minimum Gasteiger partial charge on any atom is -0.378 e. The second-order valence-electron chi connectivity index (χ2n) is 5.67. The predicted octanol–water partition coefficient (Wildman–Crippen LogP) is 1.89. The minimum absolute atomic E-state index is 0.204. The van der Waals surface area contributed by atoms with Gasteiger partial charge in [-0.1, -0.05) is 13.8 Å². The highest BCUT2D eigenvalue weighted by atomic mass is 16.5. The first-order valence-electron chi connectivity index (χ1n) is 7.27. The lowest BCUT2D eigenvalue weighted by molar-refractivity contribution is -0.141. The van der Waals surface area contributed by atoms with E-state index in [9.17, 15) is 4.79 Å². The van der Waals surface area contributed by atoms with Gasteiger partial charge in [-0.3, -0.25) is 10.1 Å². The molecular formula is C14H26N2O2. The lowest BCUT2D eigenvalue weighted by Crippen LogP contribution is -2.53. The molecular weight excluding hydrogens is 228 g/mol. The largest absolute Gasteiger partial charge is 0.378 e. The number of hydrogen-bond acceptors (Lipinski definition) is 3. The molecule has 2 fully saturated rings. The molecule has 0 aromatic carbocycles. The predicted molar refractivity (Wildman–Crippen MR) is 71.2 cm³/mol. The van der Waals surface area contributed by atoms with Gasteiger partial charge in [0.15, 0.2) is 0 Å². The highest BCUT2D eigenvalue weighted by Crippen LogP contribution is 2.35. The van der Waals surface area contributed by atoms with E-state index < -0.39 is 0 Å². The van der Waals surface area contributed by atoms with Crippen LogP contribution in [0, 0.1) is 0 Å². The summed E-state index contributed by atoms with van der Waals surface area (Å²) in [6.07, 6.45) is 4.38. The van der Waals surface area contributed by atoms with Crippen LogP contribution in [-0.2, 0) is 9.53 Å². The summed E-state index contributed by atoms with van der Waals surface area (Å²) in [5.41, 5.74) is -0.364. The first-order valence-corrected chi connectivity index (χ1v) is 7.27. The van der Waals surface area contributed by atoms with Crippen LogP contribution < -0.4 is 5.32 Å². The van der Waals surface area contributed by atoms with Crippen LogP contribution in [0.2, 0.25) is 0 Å². The first kappa shape index (κ1) is 13.8. The maximum absolute atomic E-state index is 12.5. The van der Waals surface area contributed by atoms with Crippen molar-refractivity contribution in [2.75, 3.05) is 6.61 Å². The molecule has 1 aliphatic heterocycles. The smallest absolute Gasteiger partial charge is 0.244 e. The van der Waals surface area contributed by atoms with Crippen molar-refractivity contribution in [3.63, 3.8) is 0 Å².